The second-order valence-corrected chi connectivity index (χ2v) is 8.30. The Morgan fingerprint density at radius 3 is 2.96 bits per heavy atom. The van der Waals surface area contributed by atoms with Gasteiger partial charge in [-0.3, -0.25) is 4.79 Å². The molecule has 6 nitrogen and oxygen atoms in total. The van der Waals surface area contributed by atoms with Crippen molar-refractivity contribution in [3.8, 4) is 0 Å². The lowest BCUT2D eigenvalue weighted by Gasteiger charge is -2.31. The molecule has 2 aromatic heterocycles. The van der Waals surface area contributed by atoms with Crippen molar-refractivity contribution in [2.45, 2.75) is 38.0 Å². The summed E-state index contributed by atoms with van der Waals surface area (Å²) in [5, 5.41) is 4.68. The van der Waals surface area contributed by atoms with E-state index in [-0.39, 0.29) is 5.91 Å². The molecule has 2 fully saturated rings. The maximum absolute atomic E-state index is 12.9. The van der Waals surface area contributed by atoms with Crippen molar-refractivity contribution in [1.29, 1.82) is 0 Å². The summed E-state index contributed by atoms with van der Waals surface area (Å²) < 4.78 is 6.47. The van der Waals surface area contributed by atoms with Gasteiger partial charge in [0.1, 0.15) is 0 Å². The van der Waals surface area contributed by atoms with Gasteiger partial charge >= 0.3 is 0 Å². The van der Waals surface area contributed by atoms with E-state index in [4.69, 9.17) is 4.52 Å². The second-order valence-electron chi connectivity index (χ2n) is 7.27. The highest BCUT2D eigenvalue weighted by atomic mass is 32.1. The first kappa shape index (κ1) is 15.9. The number of para-hydroxylation sites is 1. The Morgan fingerprint density at radius 1 is 1.23 bits per heavy atom. The third-order valence-corrected chi connectivity index (χ3v) is 6.20. The zero-order chi connectivity index (χ0) is 17.5. The molecule has 1 amide bonds. The summed E-state index contributed by atoms with van der Waals surface area (Å²) in [6, 6.07) is 7.89. The predicted octanol–water partition coefficient (Wildman–Crippen LogP) is 3.65. The molecule has 5 rings (SSSR count). The van der Waals surface area contributed by atoms with E-state index in [2.05, 4.69) is 15.1 Å². The van der Waals surface area contributed by atoms with Gasteiger partial charge in [0, 0.05) is 25.4 Å². The lowest BCUT2D eigenvalue weighted by molar-refractivity contribution is 0.0668. The molecule has 2 aliphatic rings. The van der Waals surface area contributed by atoms with Crippen LogP contribution in [0.15, 0.2) is 28.8 Å². The molecule has 1 saturated carbocycles. The smallest absolute Gasteiger partial charge is 0.282 e. The minimum atomic E-state index is 0.0418. The van der Waals surface area contributed by atoms with Crippen LogP contribution >= 0.6 is 11.3 Å². The van der Waals surface area contributed by atoms with Crippen LogP contribution in [0.5, 0.6) is 0 Å². The number of fused-ring (bicyclic) bond motifs is 1. The number of amides is 1. The molecule has 0 N–H and O–H groups in total. The Morgan fingerprint density at radius 2 is 2.12 bits per heavy atom. The maximum Gasteiger partial charge on any atom is 0.282 e. The van der Waals surface area contributed by atoms with Gasteiger partial charge in [-0.25, -0.2) is 4.98 Å². The quantitative estimate of drug-likeness (QED) is 0.703. The Hall–Kier alpha value is -2.28. The highest BCUT2D eigenvalue weighted by Crippen LogP contribution is 2.38. The van der Waals surface area contributed by atoms with Crippen LogP contribution in [0.2, 0.25) is 0 Å². The number of carbonyl (C=O) groups excluding carboxylic acids is 1. The van der Waals surface area contributed by atoms with Gasteiger partial charge < -0.3 is 9.42 Å². The van der Waals surface area contributed by atoms with Gasteiger partial charge in [-0.15, -0.1) is 11.3 Å². The highest BCUT2D eigenvalue weighted by Gasteiger charge is 2.31. The van der Waals surface area contributed by atoms with Crippen LogP contribution < -0.4 is 0 Å². The Bertz CT molecular complexity index is 913. The van der Waals surface area contributed by atoms with E-state index in [1.54, 1.807) is 0 Å². The van der Waals surface area contributed by atoms with Gasteiger partial charge in [-0.1, -0.05) is 17.3 Å². The van der Waals surface area contributed by atoms with Crippen LogP contribution in [0.25, 0.3) is 10.2 Å². The topological polar surface area (TPSA) is 72.1 Å². The lowest BCUT2D eigenvalue weighted by Crippen LogP contribution is -2.40. The molecule has 0 bridgehead atoms. The molecule has 26 heavy (non-hydrogen) atoms. The Kier molecular flexibility index (Phi) is 3.96. The molecule has 1 aromatic carbocycles. The normalized spacial score (nSPS) is 20.6. The summed E-state index contributed by atoms with van der Waals surface area (Å²) in [5.74, 6) is 2.50. The number of nitrogens with zero attached hydrogens (tertiary/aromatic N) is 4. The second kappa shape index (κ2) is 6.46. The SMILES string of the molecule is O=C(c1nc2ccccc2s1)N1CCC[C@@H](Cc2nc(C3CC3)no2)C1. The lowest BCUT2D eigenvalue weighted by atomic mass is 9.94. The summed E-state index contributed by atoms with van der Waals surface area (Å²) in [6.07, 6.45) is 5.19. The molecular formula is C19H20N4O2S. The van der Waals surface area contributed by atoms with Crippen LogP contribution in [0.3, 0.4) is 0 Å². The van der Waals surface area contributed by atoms with Gasteiger partial charge in [0.2, 0.25) is 5.89 Å². The van der Waals surface area contributed by atoms with Crippen LogP contribution in [-0.4, -0.2) is 39.0 Å². The minimum Gasteiger partial charge on any atom is -0.339 e. The third kappa shape index (κ3) is 3.11. The number of carbonyl (C=O) groups is 1. The molecule has 1 aliphatic heterocycles. The molecule has 7 heteroatoms. The van der Waals surface area contributed by atoms with Gasteiger partial charge in [-0.2, -0.15) is 4.98 Å². The van der Waals surface area contributed by atoms with Gasteiger partial charge in [0.15, 0.2) is 10.8 Å². The number of thiazole rings is 1. The van der Waals surface area contributed by atoms with E-state index in [9.17, 15) is 4.79 Å². The van der Waals surface area contributed by atoms with Crippen LogP contribution in [-0.2, 0) is 6.42 Å². The van der Waals surface area contributed by atoms with E-state index >= 15 is 0 Å². The Labute approximate surface area is 155 Å². The van der Waals surface area contributed by atoms with E-state index in [1.807, 2.05) is 29.2 Å². The summed E-state index contributed by atoms with van der Waals surface area (Å²) in [7, 11) is 0. The van der Waals surface area contributed by atoms with Crippen LogP contribution in [0, 0.1) is 5.92 Å². The van der Waals surface area contributed by atoms with Crippen molar-refractivity contribution in [3.63, 3.8) is 0 Å². The summed E-state index contributed by atoms with van der Waals surface area (Å²) in [5.41, 5.74) is 0.896. The fraction of sp³-hybridized carbons (Fsp3) is 0.474. The molecule has 134 valence electrons. The van der Waals surface area contributed by atoms with Crippen molar-refractivity contribution in [1.82, 2.24) is 20.0 Å². The zero-order valence-corrected chi connectivity index (χ0v) is 15.2. The first-order valence-corrected chi connectivity index (χ1v) is 10.1. The maximum atomic E-state index is 12.9. The van der Waals surface area contributed by atoms with Crippen molar-refractivity contribution >= 4 is 27.5 Å². The molecule has 3 aromatic rings. The predicted molar refractivity (Wildman–Crippen MR) is 98.2 cm³/mol. The molecule has 1 aliphatic carbocycles. The van der Waals surface area contributed by atoms with E-state index in [0.717, 1.165) is 48.4 Å². The highest BCUT2D eigenvalue weighted by molar-refractivity contribution is 7.20. The standard InChI is InChI=1S/C19H20N4O2S/c24-19(18-20-14-5-1-2-6-15(14)26-18)23-9-3-4-12(11-23)10-16-21-17(22-25-16)13-7-8-13/h1-2,5-6,12-13H,3-4,7-11H2/t12-/m0/s1. The van der Waals surface area contributed by atoms with Crippen molar-refractivity contribution in [2.24, 2.45) is 5.92 Å². The van der Waals surface area contributed by atoms with Crippen molar-refractivity contribution < 1.29 is 9.32 Å². The Balaban J connectivity index is 1.27. The van der Waals surface area contributed by atoms with Crippen LogP contribution in [0.1, 0.15) is 53.1 Å². The average molecular weight is 368 g/mol. The third-order valence-electron chi connectivity index (χ3n) is 5.17. The minimum absolute atomic E-state index is 0.0418. The van der Waals surface area contributed by atoms with Gasteiger partial charge in [0.25, 0.3) is 5.91 Å². The number of hydrogen-bond acceptors (Lipinski definition) is 6. The van der Waals surface area contributed by atoms with Crippen molar-refractivity contribution in [2.75, 3.05) is 13.1 Å². The average Bonchev–Trinajstić information content (AvgIpc) is 3.26. The summed E-state index contributed by atoms with van der Waals surface area (Å²) in [6.45, 7) is 1.53. The number of piperidine rings is 1. The van der Waals surface area contributed by atoms with Gasteiger partial charge in [0.05, 0.1) is 10.2 Å². The van der Waals surface area contributed by atoms with Crippen LogP contribution in [0.4, 0.5) is 0 Å². The molecule has 0 radical (unpaired) electrons. The zero-order valence-electron chi connectivity index (χ0n) is 14.4. The monoisotopic (exact) mass is 368 g/mol. The molecular weight excluding hydrogens is 348 g/mol. The summed E-state index contributed by atoms with van der Waals surface area (Å²) >= 11 is 1.47. The number of hydrogen-bond donors (Lipinski definition) is 0. The number of rotatable bonds is 4. The molecule has 1 saturated heterocycles. The fourth-order valence-electron chi connectivity index (χ4n) is 3.62. The van der Waals surface area contributed by atoms with Gasteiger partial charge in [-0.05, 0) is 43.7 Å². The fourth-order valence-corrected chi connectivity index (χ4v) is 4.55. The van der Waals surface area contributed by atoms with E-state index < -0.39 is 0 Å². The summed E-state index contributed by atoms with van der Waals surface area (Å²) in [4.78, 5) is 23.9. The number of likely N-dealkylation sites (tertiary alicyclic amines) is 1. The van der Waals surface area contributed by atoms with E-state index in [1.165, 1.54) is 24.2 Å². The molecule has 0 spiro atoms. The molecule has 1 atom stereocenters. The number of aromatic nitrogens is 3. The van der Waals surface area contributed by atoms with Crippen molar-refractivity contribution in [3.05, 3.63) is 41.0 Å². The molecule has 3 heterocycles. The molecule has 0 unspecified atom stereocenters. The van der Waals surface area contributed by atoms with E-state index in [0.29, 0.717) is 22.7 Å². The largest absolute Gasteiger partial charge is 0.339 e. The number of benzene rings is 1. The first-order chi connectivity index (χ1) is 12.8. The first-order valence-electron chi connectivity index (χ1n) is 9.23.